The van der Waals surface area contributed by atoms with Crippen LogP contribution in [0.2, 0.25) is 0 Å². The summed E-state index contributed by atoms with van der Waals surface area (Å²) in [7, 11) is 2.17. The second kappa shape index (κ2) is 8.89. The predicted octanol–water partition coefficient (Wildman–Crippen LogP) is 3.74. The molecular formula is C24H29N7. The summed E-state index contributed by atoms with van der Waals surface area (Å²) in [6, 6.07) is 12.3. The molecule has 2 aromatic heterocycles. The maximum atomic E-state index is 4.86. The molecule has 1 fully saturated rings. The molecule has 1 aliphatic carbocycles. The highest BCUT2D eigenvalue weighted by atomic mass is 15.3. The molecule has 3 heterocycles. The molecule has 1 aromatic carbocycles. The van der Waals surface area contributed by atoms with Gasteiger partial charge in [-0.25, -0.2) is 9.97 Å². The van der Waals surface area contributed by atoms with Crippen LogP contribution in [-0.4, -0.2) is 58.3 Å². The van der Waals surface area contributed by atoms with Gasteiger partial charge in [0.2, 0.25) is 0 Å². The lowest BCUT2D eigenvalue weighted by molar-refractivity contribution is 0.312. The first-order valence-electron chi connectivity index (χ1n) is 11.1. The van der Waals surface area contributed by atoms with E-state index in [1.54, 1.807) is 0 Å². The fourth-order valence-electron chi connectivity index (χ4n) is 4.23. The van der Waals surface area contributed by atoms with Crippen LogP contribution in [0.25, 0.3) is 12.2 Å². The van der Waals surface area contributed by atoms with E-state index in [0.29, 0.717) is 5.82 Å². The van der Waals surface area contributed by atoms with Gasteiger partial charge in [0.1, 0.15) is 11.6 Å². The summed E-state index contributed by atoms with van der Waals surface area (Å²) >= 11 is 0. The zero-order valence-electron chi connectivity index (χ0n) is 18.0. The summed E-state index contributed by atoms with van der Waals surface area (Å²) in [5.74, 6) is 3.35. The Morgan fingerprint density at radius 3 is 2.61 bits per heavy atom. The summed E-state index contributed by atoms with van der Waals surface area (Å²) in [5, 5.41) is 11.2. The Hall–Kier alpha value is -3.19. The SMILES string of the molecule is CN1CCN(c2cc(Nc3n[nH]c4c3CCCC4)nc(C=Cc3ccccc3)n2)CC1. The van der Waals surface area contributed by atoms with E-state index < -0.39 is 0 Å². The topological polar surface area (TPSA) is 73.0 Å². The van der Waals surface area contributed by atoms with Crippen LogP contribution in [-0.2, 0) is 12.8 Å². The zero-order valence-corrected chi connectivity index (χ0v) is 18.0. The number of hydrogen-bond donors (Lipinski definition) is 2. The van der Waals surface area contributed by atoms with E-state index in [1.165, 1.54) is 24.1 Å². The molecule has 7 heteroatoms. The molecule has 0 spiro atoms. The molecule has 1 aliphatic heterocycles. The maximum absolute atomic E-state index is 4.86. The number of nitrogens with one attached hydrogen (secondary N) is 2. The lowest BCUT2D eigenvalue weighted by Gasteiger charge is -2.33. The number of H-pyrrole nitrogens is 1. The molecule has 0 radical (unpaired) electrons. The van der Waals surface area contributed by atoms with Crippen molar-refractivity contribution in [1.29, 1.82) is 0 Å². The molecule has 0 saturated carbocycles. The zero-order chi connectivity index (χ0) is 21.0. The lowest BCUT2D eigenvalue weighted by Crippen LogP contribution is -2.44. The van der Waals surface area contributed by atoms with Gasteiger partial charge < -0.3 is 15.1 Å². The van der Waals surface area contributed by atoms with Crippen molar-refractivity contribution in [3.8, 4) is 0 Å². The Kier molecular flexibility index (Phi) is 5.67. The monoisotopic (exact) mass is 415 g/mol. The lowest BCUT2D eigenvalue weighted by atomic mass is 9.97. The van der Waals surface area contributed by atoms with Crippen molar-refractivity contribution in [2.75, 3.05) is 43.4 Å². The number of fused-ring (bicyclic) bond motifs is 1. The second-order valence-corrected chi connectivity index (χ2v) is 8.37. The van der Waals surface area contributed by atoms with Gasteiger partial charge in [0.25, 0.3) is 0 Å². The van der Waals surface area contributed by atoms with Gasteiger partial charge in [-0.15, -0.1) is 0 Å². The van der Waals surface area contributed by atoms with Crippen LogP contribution in [0, 0.1) is 0 Å². The minimum absolute atomic E-state index is 0.701. The molecule has 2 N–H and O–H groups in total. The third-order valence-corrected chi connectivity index (χ3v) is 6.08. The van der Waals surface area contributed by atoms with Gasteiger partial charge in [-0.1, -0.05) is 36.4 Å². The molecule has 5 rings (SSSR count). The Morgan fingerprint density at radius 2 is 1.77 bits per heavy atom. The van der Waals surface area contributed by atoms with Crippen LogP contribution in [0.4, 0.5) is 17.5 Å². The first kappa shape index (κ1) is 19.8. The molecule has 0 bridgehead atoms. The summed E-state index contributed by atoms with van der Waals surface area (Å²) in [4.78, 5) is 14.3. The largest absolute Gasteiger partial charge is 0.354 e. The van der Waals surface area contributed by atoms with Crippen molar-refractivity contribution in [2.24, 2.45) is 0 Å². The minimum Gasteiger partial charge on any atom is -0.354 e. The van der Waals surface area contributed by atoms with Crippen LogP contribution in [0.3, 0.4) is 0 Å². The summed E-state index contributed by atoms with van der Waals surface area (Å²) in [5.41, 5.74) is 3.69. The standard InChI is InChI=1S/C24H29N7/c1-30-13-15-31(16-14-30)23-17-22(27-24-19-9-5-6-10-20(19)28-29-24)25-21(26-23)12-11-18-7-3-2-4-8-18/h2-4,7-8,11-12,17H,5-6,9-10,13-16H2,1H3,(H2,25,26,27,28,29). The van der Waals surface area contributed by atoms with E-state index in [2.05, 4.69) is 56.6 Å². The van der Waals surface area contributed by atoms with Crippen molar-refractivity contribution in [1.82, 2.24) is 25.1 Å². The minimum atomic E-state index is 0.701. The fourth-order valence-corrected chi connectivity index (χ4v) is 4.23. The number of aryl methyl sites for hydroxylation is 1. The molecule has 2 aliphatic rings. The number of hydrogen-bond acceptors (Lipinski definition) is 6. The average Bonchev–Trinajstić information content (AvgIpc) is 3.21. The molecule has 0 unspecified atom stereocenters. The van der Waals surface area contributed by atoms with E-state index >= 15 is 0 Å². The summed E-state index contributed by atoms with van der Waals surface area (Å²) < 4.78 is 0. The third-order valence-electron chi connectivity index (χ3n) is 6.08. The van der Waals surface area contributed by atoms with E-state index in [4.69, 9.17) is 9.97 Å². The summed E-state index contributed by atoms with van der Waals surface area (Å²) in [6.07, 6.45) is 8.62. The number of aromatic nitrogens is 4. The van der Waals surface area contributed by atoms with Gasteiger partial charge in [0.05, 0.1) is 0 Å². The van der Waals surface area contributed by atoms with Crippen LogP contribution in [0.15, 0.2) is 36.4 Å². The molecule has 1 saturated heterocycles. The number of nitrogens with zero attached hydrogens (tertiary/aromatic N) is 5. The number of piperazine rings is 1. The normalized spacial score (nSPS) is 17.1. The number of rotatable bonds is 5. The van der Waals surface area contributed by atoms with Gasteiger partial charge in [-0.2, -0.15) is 5.10 Å². The van der Waals surface area contributed by atoms with Crippen LogP contribution in [0.1, 0.15) is 35.5 Å². The molecule has 3 aromatic rings. The number of aromatic amines is 1. The highest BCUT2D eigenvalue weighted by Crippen LogP contribution is 2.28. The van der Waals surface area contributed by atoms with Crippen molar-refractivity contribution in [3.63, 3.8) is 0 Å². The van der Waals surface area contributed by atoms with Gasteiger partial charge in [0, 0.05) is 43.5 Å². The van der Waals surface area contributed by atoms with Gasteiger partial charge >= 0.3 is 0 Å². The number of anilines is 3. The van der Waals surface area contributed by atoms with Gasteiger partial charge in [-0.3, -0.25) is 5.10 Å². The Labute approximate surface area is 183 Å². The molecule has 0 atom stereocenters. The van der Waals surface area contributed by atoms with Crippen LogP contribution < -0.4 is 10.2 Å². The molecule has 31 heavy (non-hydrogen) atoms. The number of benzene rings is 1. The van der Waals surface area contributed by atoms with Crippen molar-refractivity contribution in [3.05, 3.63) is 59.0 Å². The Balaban J connectivity index is 1.45. The highest BCUT2D eigenvalue weighted by molar-refractivity contribution is 5.69. The first-order valence-corrected chi connectivity index (χ1v) is 11.1. The number of likely N-dealkylation sites (N-methyl/N-ethyl adjacent to an activating group) is 1. The van der Waals surface area contributed by atoms with Crippen LogP contribution >= 0.6 is 0 Å². The molecular weight excluding hydrogens is 386 g/mol. The fraction of sp³-hybridized carbons (Fsp3) is 0.375. The summed E-state index contributed by atoms with van der Waals surface area (Å²) in [6.45, 7) is 4.00. The van der Waals surface area contributed by atoms with Crippen molar-refractivity contribution >= 4 is 29.6 Å². The third kappa shape index (κ3) is 4.61. The average molecular weight is 416 g/mol. The van der Waals surface area contributed by atoms with Gasteiger partial charge in [-0.05, 0) is 44.4 Å². The molecule has 0 amide bonds. The predicted molar refractivity (Wildman–Crippen MR) is 126 cm³/mol. The van der Waals surface area contributed by atoms with Crippen molar-refractivity contribution < 1.29 is 0 Å². The highest BCUT2D eigenvalue weighted by Gasteiger charge is 2.20. The first-order chi connectivity index (χ1) is 15.2. The van der Waals surface area contributed by atoms with Gasteiger partial charge in [0.15, 0.2) is 11.6 Å². The van der Waals surface area contributed by atoms with E-state index in [1.807, 2.05) is 24.3 Å². The Morgan fingerprint density at radius 1 is 0.968 bits per heavy atom. The van der Waals surface area contributed by atoms with Crippen LogP contribution in [0.5, 0.6) is 0 Å². The molecule has 160 valence electrons. The van der Waals surface area contributed by atoms with E-state index in [-0.39, 0.29) is 0 Å². The van der Waals surface area contributed by atoms with Crippen molar-refractivity contribution in [2.45, 2.75) is 25.7 Å². The second-order valence-electron chi connectivity index (χ2n) is 8.37. The van der Waals surface area contributed by atoms with E-state index in [9.17, 15) is 0 Å². The maximum Gasteiger partial charge on any atom is 0.156 e. The van der Waals surface area contributed by atoms with E-state index in [0.717, 1.165) is 62.0 Å². The molecule has 7 nitrogen and oxygen atoms in total. The Bertz CT molecular complexity index is 1050. The smallest absolute Gasteiger partial charge is 0.156 e. The quantitative estimate of drug-likeness (QED) is 0.661.